The molecule has 1 saturated heterocycles. The van der Waals surface area contributed by atoms with Crippen LogP contribution in [0.25, 0.3) is 0 Å². The molecule has 2 aromatic rings. The highest BCUT2D eigenvalue weighted by atomic mass is 35.5. The van der Waals surface area contributed by atoms with Crippen molar-refractivity contribution in [1.29, 1.82) is 0 Å². The van der Waals surface area contributed by atoms with E-state index in [1.165, 1.54) is 12.1 Å². The van der Waals surface area contributed by atoms with Gasteiger partial charge in [0.25, 0.3) is 5.91 Å². The van der Waals surface area contributed by atoms with Gasteiger partial charge in [0, 0.05) is 50.2 Å². The molecule has 7 nitrogen and oxygen atoms in total. The van der Waals surface area contributed by atoms with Crippen LogP contribution in [0.5, 0.6) is 11.5 Å². The Balaban J connectivity index is 1.16. The first-order valence-electron chi connectivity index (χ1n) is 10.4. The van der Waals surface area contributed by atoms with E-state index >= 15 is 0 Å². The van der Waals surface area contributed by atoms with E-state index < -0.39 is 18.0 Å². The van der Waals surface area contributed by atoms with Gasteiger partial charge in [-0.3, -0.25) is 15.1 Å². The van der Waals surface area contributed by atoms with E-state index in [2.05, 4.69) is 10.3 Å². The van der Waals surface area contributed by atoms with E-state index in [1.54, 1.807) is 18.2 Å². The molecule has 0 spiro atoms. The van der Waals surface area contributed by atoms with Gasteiger partial charge >= 0.3 is 0 Å². The molecule has 2 heterocycles. The van der Waals surface area contributed by atoms with Gasteiger partial charge in [-0.15, -0.1) is 0 Å². The number of β-amino-alcohol motifs (C(OH)–C–C–N with tert-alkyl or cyclic N) is 1. The van der Waals surface area contributed by atoms with Crippen LogP contribution in [0, 0.1) is 5.82 Å². The molecule has 0 bridgehead atoms. The number of hydrazine groups is 1. The standard InChI is InChI=1S/C22H24Cl2FN3O4/c23-15-1-4-20-14(9-15)10-21(32-20)22(30)26-28-7-5-27(6-8-28)12-16(29)13-31-17-2-3-18(24)19(25)11-17/h1-4,9,11,16,21,29H,5-8,10,12-13H2,(H,26,30)/t16-,21?/m0/s1. The highest BCUT2D eigenvalue weighted by molar-refractivity contribution is 6.31. The topological polar surface area (TPSA) is 74.3 Å². The molecule has 2 aromatic carbocycles. The maximum Gasteiger partial charge on any atom is 0.275 e. The molecule has 172 valence electrons. The molecule has 0 saturated carbocycles. The van der Waals surface area contributed by atoms with Crippen LogP contribution in [-0.2, 0) is 11.2 Å². The van der Waals surface area contributed by atoms with Crippen molar-refractivity contribution in [2.24, 2.45) is 0 Å². The van der Waals surface area contributed by atoms with Gasteiger partial charge in [-0.1, -0.05) is 23.2 Å². The minimum atomic E-state index is -0.730. The van der Waals surface area contributed by atoms with Crippen LogP contribution in [0.4, 0.5) is 4.39 Å². The van der Waals surface area contributed by atoms with Crippen molar-refractivity contribution >= 4 is 29.1 Å². The zero-order chi connectivity index (χ0) is 22.7. The largest absolute Gasteiger partial charge is 0.491 e. The highest BCUT2D eigenvalue weighted by Crippen LogP contribution is 2.31. The Labute approximate surface area is 195 Å². The molecule has 0 radical (unpaired) electrons. The van der Waals surface area contributed by atoms with Crippen LogP contribution in [0.3, 0.4) is 0 Å². The molecule has 32 heavy (non-hydrogen) atoms. The lowest BCUT2D eigenvalue weighted by atomic mass is 10.1. The fourth-order valence-corrected chi connectivity index (χ4v) is 4.06. The molecule has 2 aliphatic heterocycles. The number of amides is 1. The second kappa shape index (κ2) is 10.2. The summed E-state index contributed by atoms with van der Waals surface area (Å²) in [5, 5.41) is 12.8. The first-order valence-corrected chi connectivity index (χ1v) is 11.1. The lowest BCUT2D eigenvalue weighted by Crippen LogP contribution is -2.56. The molecule has 1 amide bonds. The molecule has 2 N–H and O–H groups in total. The number of hydrogen-bond acceptors (Lipinski definition) is 6. The van der Waals surface area contributed by atoms with Crippen molar-refractivity contribution in [3.8, 4) is 11.5 Å². The summed E-state index contributed by atoms with van der Waals surface area (Å²) in [4.78, 5) is 14.7. The van der Waals surface area contributed by atoms with Gasteiger partial charge in [-0.2, -0.15) is 0 Å². The molecule has 4 rings (SSSR count). The first kappa shape index (κ1) is 23.1. The van der Waals surface area contributed by atoms with Gasteiger partial charge in [0.1, 0.15) is 30.0 Å². The summed E-state index contributed by atoms with van der Waals surface area (Å²) in [5.74, 6) is 0.260. The van der Waals surface area contributed by atoms with Crippen LogP contribution in [0.2, 0.25) is 10.0 Å². The van der Waals surface area contributed by atoms with Gasteiger partial charge in [0.05, 0.1) is 5.02 Å². The Hall–Kier alpha value is -2.10. The smallest absolute Gasteiger partial charge is 0.275 e. The zero-order valence-electron chi connectivity index (χ0n) is 17.3. The molecule has 0 aliphatic carbocycles. The fraction of sp³-hybridized carbons (Fsp3) is 0.409. The van der Waals surface area contributed by atoms with Crippen molar-refractivity contribution in [3.63, 3.8) is 0 Å². The third kappa shape index (κ3) is 5.82. The van der Waals surface area contributed by atoms with Crippen molar-refractivity contribution in [3.05, 3.63) is 57.8 Å². The molecule has 1 fully saturated rings. The van der Waals surface area contributed by atoms with Crippen LogP contribution >= 0.6 is 23.2 Å². The van der Waals surface area contributed by atoms with Crippen molar-refractivity contribution in [1.82, 2.24) is 15.3 Å². The van der Waals surface area contributed by atoms with Gasteiger partial charge in [0.15, 0.2) is 6.10 Å². The van der Waals surface area contributed by atoms with E-state index in [0.717, 1.165) is 5.56 Å². The Morgan fingerprint density at radius 2 is 2.00 bits per heavy atom. The number of fused-ring (bicyclic) bond motifs is 1. The summed E-state index contributed by atoms with van der Waals surface area (Å²) in [7, 11) is 0. The molecular weight excluding hydrogens is 460 g/mol. The normalized spacial score (nSPS) is 19.8. The maximum atomic E-state index is 13.5. The van der Waals surface area contributed by atoms with E-state index in [1.807, 2.05) is 11.1 Å². The summed E-state index contributed by atoms with van der Waals surface area (Å²) < 4.78 is 24.6. The third-order valence-electron chi connectivity index (χ3n) is 5.43. The van der Waals surface area contributed by atoms with E-state index in [4.69, 9.17) is 32.7 Å². The van der Waals surface area contributed by atoms with E-state index in [0.29, 0.717) is 55.7 Å². The number of ether oxygens (including phenoxy) is 2. The van der Waals surface area contributed by atoms with Crippen LogP contribution in [0.15, 0.2) is 36.4 Å². The van der Waals surface area contributed by atoms with Crippen LogP contribution in [0.1, 0.15) is 5.56 Å². The summed E-state index contributed by atoms with van der Waals surface area (Å²) in [6.07, 6.45) is -0.809. The second-order valence-electron chi connectivity index (χ2n) is 7.87. The molecular formula is C22H24Cl2FN3O4. The van der Waals surface area contributed by atoms with E-state index in [-0.39, 0.29) is 17.5 Å². The van der Waals surface area contributed by atoms with Gasteiger partial charge in [-0.05, 0) is 35.9 Å². The number of benzene rings is 2. The average Bonchev–Trinajstić information content (AvgIpc) is 3.19. The number of hydrogen-bond donors (Lipinski definition) is 2. The summed E-state index contributed by atoms with van der Waals surface area (Å²) in [5.41, 5.74) is 3.85. The Kier molecular flexibility index (Phi) is 7.37. The zero-order valence-corrected chi connectivity index (χ0v) is 18.8. The molecule has 2 atom stereocenters. The Bertz CT molecular complexity index is 972. The minimum Gasteiger partial charge on any atom is -0.491 e. The van der Waals surface area contributed by atoms with Crippen molar-refractivity contribution < 1.29 is 23.8 Å². The van der Waals surface area contributed by atoms with E-state index in [9.17, 15) is 14.3 Å². The summed E-state index contributed by atoms with van der Waals surface area (Å²) in [6.45, 7) is 3.05. The molecule has 0 aromatic heterocycles. The van der Waals surface area contributed by atoms with Crippen LogP contribution in [-0.4, -0.2) is 72.5 Å². The number of aliphatic hydroxyl groups is 1. The van der Waals surface area contributed by atoms with Gasteiger partial charge in [0.2, 0.25) is 0 Å². The van der Waals surface area contributed by atoms with Gasteiger partial charge in [-0.25, -0.2) is 9.40 Å². The maximum absolute atomic E-state index is 13.5. The number of nitrogens with zero attached hydrogens (tertiary/aromatic N) is 2. The fourth-order valence-electron chi connectivity index (χ4n) is 3.74. The lowest BCUT2D eigenvalue weighted by molar-refractivity contribution is -0.133. The summed E-state index contributed by atoms with van der Waals surface area (Å²) >= 11 is 11.7. The number of halogens is 3. The van der Waals surface area contributed by atoms with Crippen molar-refractivity contribution in [2.45, 2.75) is 18.6 Å². The Morgan fingerprint density at radius 3 is 2.75 bits per heavy atom. The second-order valence-corrected chi connectivity index (χ2v) is 8.71. The number of carbonyl (C=O) groups is 1. The van der Waals surface area contributed by atoms with Gasteiger partial charge < -0.3 is 14.6 Å². The average molecular weight is 484 g/mol. The SMILES string of the molecule is O=C(NN1CCN(C[C@H](O)COc2ccc(Cl)c(F)c2)CC1)C1Cc2cc(Cl)ccc2O1. The number of rotatable bonds is 7. The Morgan fingerprint density at radius 1 is 1.22 bits per heavy atom. The first-order chi connectivity index (χ1) is 15.4. The number of nitrogens with one attached hydrogen (secondary N) is 1. The quantitative estimate of drug-likeness (QED) is 0.630. The molecule has 10 heteroatoms. The predicted octanol–water partition coefficient (Wildman–Crippen LogP) is 2.52. The monoisotopic (exact) mass is 483 g/mol. The molecule has 1 unspecified atom stereocenters. The minimum absolute atomic E-state index is 0.0243. The highest BCUT2D eigenvalue weighted by Gasteiger charge is 2.31. The molecule has 2 aliphatic rings. The predicted molar refractivity (Wildman–Crippen MR) is 119 cm³/mol. The summed E-state index contributed by atoms with van der Waals surface area (Å²) in [6, 6.07) is 9.51. The third-order valence-corrected chi connectivity index (χ3v) is 5.97. The van der Waals surface area contributed by atoms with Crippen LogP contribution < -0.4 is 14.9 Å². The number of carbonyl (C=O) groups excluding carboxylic acids is 1. The number of aliphatic hydroxyl groups excluding tert-OH is 1. The number of piperazine rings is 1. The van der Waals surface area contributed by atoms with Crippen molar-refractivity contribution in [2.75, 3.05) is 39.3 Å². The lowest BCUT2D eigenvalue weighted by Gasteiger charge is -2.35.